The number of rotatable bonds is 4. The van der Waals surface area contributed by atoms with Crippen LogP contribution in [0.1, 0.15) is 41.9 Å². The molecule has 1 atom stereocenters. The number of ketones is 1. The number of pyridine rings is 1. The van der Waals surface area contributed by atoms with Gasteiger partial charge in [-0.15, -0.1) is 0 Å². The highest BCUT2D eigenvalue weighted by molar-refractivity contribution is 5.99. The molecule has 0 saturated heterocycles. The van der Waals surface area contributed by atoms with E-state index in [1.165, 1.54) is 19.5 Å². The van der Waals surface area contributed by atoms with Crippen molar-refractivity contribution < 1.29 is 19.6 Å². The molecule has 0 aliphatic heterocycles. The zero-order chi connectivity index (χ0) is 20.9. The van der Waals surface area contributed by atoms with Gasteiger partial charge in [0.1, 0.15) is 11.6 Å². The molecular formula is C21H23N3O4. The number of amides is 2. The Morgan fingerprint density at radius 3 is 2.14 bits per heavy atom. The van der Waals surface area contributed by atoms with E-state index in [1.807, 2.05) is 30.3 Å². The van der Waals surface area contributed by atoms with Gasteiger partial charge in [0, 0.05) is 31.3 Å². The molecule has 0 bridgehead atoms. The van der Waals surface area contributed by atoms with Crippen LogP contribution >= 0.6 is 0 Å². The van der Waals surface area contributed by atoms with E-state index in [-0.39, 0.29) is 11.7 Å². The van der Waals surface area contributed by atoms with Crippen molar-refractivity contribution in [1.82, 2.24) is 15.8 Å². The number of Topliss-reactive ketones (excluding diaryl/α,β-unsaturated/α-hetero) is 1. The lowest BCUT2D eigenvalue weighted by atomic mass is 10.1. The summed E-state index contributed by atoms with van der Waals surface area (Å²) in [6.45, 7) is 3.19. The summed E-state index contributed by atoms with van der Waals surface area (Å²) in [4.78, 5) is 36.7. The van der Waals surface area contributed by atoms with Gasteiger partial charge < -0.3 is 5.32 Å². The smallest absolute Gasteiger partial charge is 0.255 e. The Balaban J connectivity index is 0.000000311. The average molecular weight is 381 g/mol. The van der Waals surface area contributed by atoms with E-state index < -0.39 is 11.8 Å². The summed E-state index contributed by atoms with van der Waals surface area (Å²) in [5.74, 6) is 4.14. The minimum atomic E-state index is -0.801. The van der Waals surface area contributed by atoms with Crippen LogP contribution < -0.4 is 10.8 Å². The van der Waals surface area contributed by atoms with Crippen molar-refractivity contribution in [3.63, 3.8) is 0 Å². The summed E-state index contributed by atoms with van der Waals surface area (Å²) in [6, 6.07) is 13.2. The highest BCUT2D eigenvalue weighted by Gasteiger charge is 2.22. The van der Waals surface area contributed by atoms with Crippen LogP contribution in [-0.4, -0.2) is 34.8 Å². The van der Waals surface area contributed by atoms with E-state index in [0.29, 0.717) is 12.1 Å². The summed E-state index contributed by atoms with van der Waals surface area (Å²) in [5, 5.41) is 10.5. The Labute approximate surface area is 164 Å². The number of nitrogens with zero attached hydrogens (tertiary/aromatic N) is 1. The van der Waals surface area contributed by atoms with Crippen molar-refractivity contribution >= 4 is 17.6 Å². The molecule has 2 aromatic rings. The highest BCUT2D eigenvalue weighted by atomic mass is 16.5. The Hall–Kier alpha value is -3.50. The molecule has 7 nitrogen and oxygen atoms in total. The van der Waals surface area contributed by atoms with E-state index in [9.17, 15) is 14.4 Å². The minimum absolute atomic E-state index is 0.0347. The van der Waals surface area contributed by atoms with Crippen molar-refractivity contribution in [2.75, 3.05) is 7.05 Å². The van der Waals surface area contributed by atoms with Crippen LogP contribution in [0.2, 0.25) is 0 Å². The molecule has 0 aliphatic rings. The Morgan fingerprint density at radius 2 is 1.68 bits per heavy atom. The lowest BCUT2D eigenvalue weighted by molar-refractivity contribution is -0.140. The van der Waals surface area contributed by atoms with E-state index in [1.54, 1.807) is 25.3 Å². The lowest BCUT2D eigenvalue weighted by Crippen LogP contribution is -2.38. The zero-order valence-corrected chi connectivity index (χ0v) is 16.0. The largest absolute Gasteiger partial charge is 0.358 e. The second-order valence-corrected chi connectivity index (χ2v) is 5.66. The third-order valence-electron chi connectivity index (χ3n) is 3.65. The second-order valence-electron chi connectivity index (χ2n) is 5.66. The van der Waals surface area contributed by atoms with E-state index >= 15 is 0 Å². The molecule has 0 spiro atoms. The van der Waals surface area contributed by atoms with Crippen LogP contribution in [0, 0.1) is 17.8 Å². The summed E-state index contributed by atoms with van der Waals surface area (Å²) in [5.41, 5.74) is 3.67. The SMILES string of the molecule is CC(=O)c1ccc(C#Cc2ccccc2)cn1.CCC(C(=O)NC)C(=O)NO. The van der Waals surface area contributed by atoms with E-state index in [2.05, 4.69) is 22.1 Å². The maximum atomic E-state index is 11.0. The number of hydrogen-bond acceptors (Lipinski definition) is 5. The fourth-order valence-electron chi connectivity index (χ4n) is 2.08. The van der Waals surface area contributed by atoms with Gasteiger partial charge in [0.25, 0.3) is 5.91 Å². The fraction of sp³-hybridized carbons (Fsp3) is 0.238. The van der Waals surface area contributed by atoms with Crippen LogP contribution in [0.15, 0.2) is 48.7 Å². The van der Waals surface area contributed by atoms with Gasteiger partial charge in [0.15, 0.2) is 5.78 Å². The highest BCUT2D eigenvalue weighted by Crippen LogP contribution is 2.02. The van der Waals surface area contributed by atoms with Crippen molar-refractivity contribution in [2.45, 2.75) is 20.3 Å². The molecular weight excluding hydrogens is 358 g/mol. The van der Waals surface area contributed by atoms with Crippen LogP contribution in [0.3, 0.4) is 0 Å². The lowest BCUT2D eigenvalue weighted by Gasteiger charge is -2.09. The summed E-state index contributed by atoms with van der Waals surface area (Å²) >= 11 is 0. The number of hydrogen-bond donors (Lipinski definition) is 3. The van der Waals surface area contributed by atoms with Crippen molar-refractivity contribution in [3.8, 4) is 11.8 Å². The predicted octanol–water partition coefficient (Wildman–Crippen LogP) is 1.95. The third kappa shape index (κ3) is 7.40. The number of nitrogens with one attached hydrogen (secondary N) is 2. The van der Waals surface area contributed by atoms with E-state index in [4.69, 9.17) is 5.21 Å². The van der Waals surface area contributed by atoms with Crippen LogP contribution in [-0.2, 0) is 9.59 Å². The molecule has 2 rings (SSSR count). The molecule has 28 heavy (non-hydrogen) atoms. The first kappa shape index (κ1) is 22.5. The Morgan fingerprint density at radius 1 is 1.04 bits per heavy atom. The van der Waals surface area contributed by atoms with Gasteiger partial charge in [-0.3, -0.25) is 24.6 Å². The fourth-order valence-corrected chi connectivity index (χ4v) is 2.08. The number of benzene rings is 1. The van der Waals surface area contributed by atoms with Crippen LogP contribution in [0.25, 0.3) is 0 Å². The average Bonchev–Trinajstić information content (AvgIpc) is 2.73. The topological polar surface area (TPSA) is 108 Å². The van der Waals surface area contributed by atoms with Crippen LogP contribution in [0.4, 0.5) is 0 Å². The maximum Gasteiger partial charge on any atom is 0.255 e. The molecule has 0 fully saturated rings. The normalized spacial score (nSPS) is 10.3. The molecule has 0 radical (unpaired) electrons. The summed E-state index contributed by atoms with van der Waals surface area (Å²) in [7, 11) is 1.44. The second kappa shape index (κ2) is 12.0. The Kier molecular flexibility index (Phi) is 9.65. The molecule has 0 aliphatic carbocycles. The summed E-state index contributed by atoms with van der Waals surface area (Å²) in [6.07, 6.45) is 1.98. The molecule has 2 amide bonds. The van der Waals surface area contributed by atoms with Crippen LogP contribution in [0.5, 0.6) is 0 Å². The quantitative estimate of drug-likeness (QED) is 0.247. The first-order valence-corrected chi connectivity index (χ1v) is 8.62. The predicted molar refractivity (Wildman–Crippen MR) is 104 cm³/mol. The van der Waals surface area contributed by atoms with Crippen molar-refractivity contribution in [1.29, 1.82) is 0 Å². The molecule has 1 heterocycles. The first-order chi connectivity index (χ1) is 13.4. The number of carbonyl (C=O) groups excluding carboxylic acids is 3. The molecule has 7 heteroatoms. The molecule has 0 saturated carbocycles. The number of carbonyl (C=O) groups is 3. The standard InChI is InChI=1S/C15H11NO.C6H12N2O3/c1-12(17)15-10-9-14(11-16-15)8-7-13-5-3-2-4-6-13;1-3-4(5(9)7-2)6(10)8-11/h2-6,9-11H,1H3;4,11H,3H2,1-2H3,(H,7,9)(H,8,10). The van der Waals surface area contributed by atoms with Gasteiger partial charge in [-0.2, -0.15) is 0 Å². The van der Waals surface area contributed by atoms with Gasteiger partial charge in [-0.05, 0) is 30.7 Å². The van der Waals surface area contributed by atoms with Gasteiger partial charge in [0.05, 0.1) is 0 Å². The van der Waals surface area contributed by atoms with Gasteiger partial charge in [0.2, 0.25) is 5.91 Å². The monoisotopic (exact) mass is 381 g/mol. The van der Waals surface area contributed by atoms with Gasteiger partial charge in [-0.25, -0.2) is 5.48 Å². The third-order valence-corrected chi connectivity index (χ3v) is 3.65. The molecule has 1 unspecified atom stereocenters. The Bertz CT molecular complexity index is 837. The van der Waals surface area contributed by atoms with Crippen molar-refractivity contribution in [3.05, 3.63) is 65.5 Å². The van der Waals surface area contributed by atoms with Gasteiger partial charge in [-0.1, -0.05) is 37.0 Å². The van der Waals surface area contributed by atoms with Gasteiger partial charge >= 0.3 is 0 Å². The van der Waals surface area contributed by atoms with Crippen molar-refractivity contribution in [2.24, 2.45) is 5.92 Å². The molecule has 1 aromatic heterocycles. The maximum absolute atomic E-state index is 11.0. The number of hydroxylamine groups is 1. The number of aromatic nitrogens is 1. The minimum Gasteiger partial charge on any atom is -0.358 e. The zero-order valence-electron chi connectivity index (χ0n) is 16.0. The molecule has 1 aromatic carbocycles. The first-order valence-electron chi connectivity index (χ1n) is 8.62. The molecule has 146 valence electrons. The molecule has 3 N–H and O–H groups in total. The summed E-state index contributed by atoms with van der Waals surface area (Å²) < 4.78 is 0. The van der Waals surface area contributed by atoms with E-state index in [0.717, 1.165) is 11.1 Å².